The quantitative estimate of drug-likeness (QED) is 0.665. The van der Waals surface area contributed by atoms with Gasteiger partial charge in [-0.1, -0.05) is 6.92 Å². The molecule has 0 amide bonds. The van der Waals surface area contributed by atoms with Crippen molar-refractivity contribution < 1.29 is 9.53 Å². The van der Waals surface area contributed by atoms with Crippen LogP contribution < -0.4 is 5.32 Å². The maximum Gasteiger partial charge on any atom is 0.309 e. The van der Waals surface area contributed by atoms with Crippen LogP contribution in [0.15, 0.2) is 0 Å². The normalized spacial score (nSPS) is 16.9. The van der Waals surface area contributed by atoms with Gasteiger partial charge in [0.1, 0.15) is 0 Å². The Bertz CT molecular complexity index is 207. The highest BCUT2D eigenvalue weighted by Crippen LogP contribution is 2.06. The van der Waals surface area contributed by atoms with E-state index in [4.69, 9.17) is 4.74 Å². The number of nitrogens with zero attached hydrogens (tertiary/aromatic N) is 1. The summed E-state index contributed by atoms with van der Waals surface area (Å²) in [6.07, 6.45) is 1.07. The van der Waals surface area contributed by atoms with Crippen LogP contribution in [0.4, 0.5) is 0 Å². The molecule has 1 N–H and O–H groups in total. The summed E-state index contributed by atoms with van der Waals surface area (Å²) >= 11 is 0. The first-order chi connectivity index (χ1) is 7.38. The van der Waals surface area contributed by atoms with Gasteiger partial charge in [-0.2, -0.15) is 0 Å². The number of esters is 1. The number of methoxy groups -OCH3 is 1. The molecule has 0 bridgehead atoms. The molecule has 0 aliphatic carbocycles. The Balaban J connectivity index is 3.93. The van der Waals surface area contributed by atoms with Crippen molar-refractivity contribution in [1.29, 1.82) is 0 Å². The third kappa shape index (κ3) is 6.08. The van der Waals surface area contributed by atoms with E-state index in [0.29, 0.717) is 6.04 Å². The molecule has 0 heterocycles. The fourth-order valence-corrected chi connectivity index (χ4v) is 1.52. The van der Waals surface area contributed by atoms with Gasteiger partial charge in [0.05, 0.1) is 13.0 Å². The van der Waals surface area contributed by atoms with Crippen molar-refractivity contribution in [3.05, 3.63) is 0 Å². The number of hydrogen-bond acceptors (Lipinski definition) is 4. The number of carbonyl (C=O) groups excluding carboxylic acids is 1. The van der Waals surface area contributed by atoms with E-state index >= 15 is 0 Å². The lowest BCUT2D eigenvalue weighted by atomic mass is 10.0. The van der Waals surface area contributed by atoms with Gasteiger partial charge in [0, 0.05) is 12.1 Å². The zero-order valence-electron chi connectivity index (χ0n) is 11.4. The topological polar surface area (TPSA) is 41.6 Å². The van der Waals surface area contributed by atoms with Crippen LogP contribution in [0.25, 0.3) is 0 Å². The molecule has 0 aromatic heterocycles. The average Bonchev–Trinajstić information content (AvgIpc) is 2.24. The number of hydrogen-bond donors (Lipinski definition) is 1. The van der Waals surface area contributed by atoms with Crippen LogP contribution in [-0.4, -0.2) is 50.7 Å². The van der Waals surface area contributed by atoms with E-state index < -0.39 is 0 Å². The van der Waals surface area contributed by atoms with Gasteiger partial charge in [-0.25, -0.2) is 0 Å². The lowest BCUT2D eigenvalue weighted by Crippen LogP contribution is -2.42. The molecule has 4 nitrogen and oxygen atoms in total. The van der Waals surface area contributed by atoms with Crippen molar-refractivity contribution in [2.24, 2.45) is 5.92 Å². The van der Waals surface area contributed by atoms with Crippen LogP contribution in [-0.2, 0) is 9.53 Å². The maximum absolute atomic E-state index is 11.3. The molecule has 16 heavy (non-hydrogen) atoms. The Kier molecular flexibility index (Phi) is 7.34. The van der Waals surface area contributed by atoms with Crippen molar-refractivity contribution in [2.45, 2.75) is 39.3 Å². The summed E-state index contributed by atoms with van der Waals surface area (Å²) in [5.41, 5.74) is 0. The fourth-order valence-electron chi connectivity index (χ4n) is 1.52. The van der Waals surface area contributed by atoms with Crippen molar-refractivity contribution in [1.82, 2.24) is 10.2 Å². The Morgan fingerprint density at radius 3 is 2.31 bits per heavy atom. The summed E-state index contributed by atoms with van der Waals surface area (Å²) in [5.74, 6) is -0.258. The predicted molar refractivity (Wildman–Crippen MR) is 66.4 cm³/mol. The molecule has 0 aromatic rings. The van der Waals surface area contributed by atoms with Gasteiger partial charge in [-0.05, 0) is 40.9 Å². The number of carbonyl (C=O) groups is 1. The largest absolute Gasteiger partial charge is 0.469 e. The molecule has 0 saturated carbocycles. The molecule has 0 spiro atoms. The first-order valence-electron chi connectivity index (χ1n) is 5.87. The number of ether oxygens (including phenoxy) is 1. The van der Waals surface area contributed by atoms with Crippen LogP contribution in [0, 0.1) is 5.92 Å². The highest BCUT2D eigenvalue weighted by molar-refractivity contribution is 5.72. The predicted octanol–water partition coefficient (Wildman–Crippen LogP) is 1.11. The van der Waals surface area contributed by atoms with E-state index in [2.05, 4.69) is 31.2 Å². The SMILES string of the molecule is COC(=O)C(C)C(C)NC(C)CCN(C)C. The molecule has 0 rings (SSSR count). The fraction of sp³-hybridized carbons (Fsp3) is 0.917. The van der Waals surface area contributed by atoms with Crippen LogP contribution >= 0.6 is 0 Å². The van der Waals surface area contributed by atoms with Gasteiger partial charge < -0.3 is 15.0 Å². The van der Waals surface area contributed by atoms with Crippen LogP contribution in [0.1, 0.15) is 27.2 Å². The van der Waals surface area contributed by atoms with Crippen LogP contribution in [0.2, 0.25) is 0 Å². The lowest BCUT2D eigenvalue weighted by Gasteiger charge is -2.24. The maximum atomic E-state index is 11.3. The van der Waals surface area contributed by atoms with Gasteiger partial charge >= 0.3 is 5.97 Å². The van der Waals surface area contributed by atoms with Crippen molar-refractivity contribution in [3.8, 4) is 0 Å². The van der Waals surface area contributed by atoms with E-state index in [9.17, 15) is 4.79 Å². The van der Waals surface area contributed by atoms with Gasteiger partial charge in [-0.3, -0.25) is 4.79 Å². The summed E-state index contributed by atoms with van der Waals surface area (Å²) in [5, 5.41) is 3.42. The number of nitrogens with one attached hydrogen (secondary N) is 1. The summed E-state index contributed by atoms with van der Waals surface area (Å²) in [4.78, 5) is 13.5. The lowest BCUT2D eigenvalue weighted by molar-refractivity contribution is -0.145. The minimum atomic E-state index is -0.153. The highest BCUT2D eigenvalue weighted by Gasteiger charge is 2.21. The van der Waals surface area contributed by atoms with Crippen molar-refractivity contribution in [2.75, 3.05) is 27.7 Å². The molecule has 3 unspecified atom stereocenters. The van der Waals surface area contributed by atoms with Gasteiger partial charge in [0.15, 0.2) is 0 Å². The third-order valence-electron chi connectivity index (χ3n) is 2.88. The van der Waals surface area contributed by atoms with E-state index in [1.807, 2.05) is 13.8 Å². The molecular formula is C12H26N2O2. The molecule has 0 saturated heterocycles. The second kappa shape index (κ2) is 7.63. The standard InChI is InChI=1S/C12H26N2O2/c1-9(7-8-14(4)5)13-11(3)10(2)12(15)16-6/h9-11,13H,7-8H2,1-6H3. The molecule has 3 atom stereocenters. The molecular weight excluding hydrogens is 204 g/mol. The van der Waals surface area contributed by atoms with Gasteiger partial charge in [0.25, 0.3) is 0 Å². The smallest absolute Gasteiger partial charge is 0.309 e. The Labute approximate surface area is 99.3 Å². The summed E-state index contributed by atoms with van der Waals surface area (Å²) in [6.45, 7) is 7.10. The van der Waals surface area contributed by atoms with Crippen LogP contribution in [0.5, 0.6) is 0 Å². The summed E-state index contributed by atoms with van der Waals surface area (Å²) in [6, 6.07) is 0.550. The zero-order valence-corrected chi connectivity index (χ0v) is 11.4. The highest BCUT2D eigenvalue weighted by atomic mass is 16.5. The first-order valence-corrected chi connectivity index (χ1v) is 5.87. The first kappa shape index (κ1) is 15.4. The molecule has 0 aliphatic rings. The third-order valence-corrected chi connectivity index (χ3v) is 2.88. The molecule has 96 valence electrons. The molecule has 0 aliphatic heterocycles. The van der Waals surface area contributed by atoms with Crippen molar-refractivity contribution >= 4 is 5.97 Å². The van der Waals surface area contributed by atoms with E-state index in [1.165, 1.54) is 7.11 Å². The molecule has 0 radical (unpaired) electrons. The molecule has 4 heteroatoms. The summed E-state index contributed by atoms with van der Waals surface area (Å²) in [7, 11) is 5.56. The van der Waals surface area contributed by atoms with Crippen LogP contribution in [0.3, 0.4) is 0 Å². The van der Waals surface area contributed by atoms with Crippen molar-refractivity contribution in [3.63, 3.8) is 0 Å². The Hall–Kier alpha value is -0.610. The monoisotopic (exact) mass is 230 g/mol. The second-order valence-corrected chi connectivity index (χ2v) is 4.76. The molecule has 0 fully saturated rings. The molecule has 0 aromatic carbocycles. The minimum absolute atomic E-state index is 0.105. The zero-order chi connectivity index (χ0) is 12.7. The van der Waals surface area contributed by atoms with E-state index in [1.54, 1.807) is 0 Å². The Morgan fingerprint density at radius 1 is 1.31 bits per heavy atom. The Morgan fingerprint density at radius 2 is 1.88 bits per heavy atom. The summed E-state index contributed by atoms with van der Waals surface area (Å²) < 4.78 is 4.73. The number of rotatable bonds is 7. The minimum Gasteiger partial charge on any atom is -0.469 e. The van der Waals surface area contributed by atoms with E-state index in [0.717, 1.165) is 13.0 Å². The van der Waals surface area contributed by atoms with Gasteiger partial charge in [-0.15, -0.1) is 0 Å². The average molecular weight is 230 g/mol. The van der Waals surface area contributed by atoms with Gasteiger partial charge in [0.2, 0.25) is 0 Å². The second-order valence-electron chi connectivity index (χ2n) is 4.76. The van der Waals surface area contributed by atoms with E-state index in [-0.39, 0.29) is 17.9 Å².